The van der Waals surface area contributed by atoms with Crippen LogP contribution < -0.4 is 15.4 Å². The highest BCUT2D eigenvalue weighted by Gasteiger charge is 2.08. The third kappa shape index (κ3) is 8.30. The summed E-state index contributed by atoms with van der Waals surface area (Å²) >= 11 is 0. The number of halogens is 1. The molecule has 10 nitrogen and oxygen atoms in total. The number of ether oxygens (including phenoxy) is 1. The third-order valence-corrected chi connectivity index (χ3v) is 5.06. The topological polar surface area (TPSA) is 115 Å². The van der Waals surface area contributed by atoms with Crippen molar-refractivity contribution in [2.75, 3.05) is 27.2 Å². The van der Waals surface area contributed by atoms with E-state index in [-0.39, 0.29) is 24.0 Å². The Hall–Kier alpha value is -2.70. The van der Waals surface area contributed by atoms with Crippen LogP contribution in [0.1, 0.15) is 37.9 Å². The molecule has 2 N–H and O–H groups in total. The number of nitrogens with zero attached hydrogens (tertiary/aromatic N) is 6. The molecule has 3 aromatic rings. The molecule has 0 spiro atoms. The molecule has 0 radical (unpaired) electrons. The SMILES string of the molecule is CCc1nncn1CCNC(=NC)NCCCCCc1nc(-c2ccc(OC)cc2)no1.I. The lowest BCUT2D eigenvalue weighted by molar-refractivity contribution is 0.374. The summed E-state index contributed by atoms with van der Waals surface area (Å²) in [7, 11) is 3.42. The highest BCUT2D eigenvalue weighted by molar-refractivity contribution is 14.0. The summed E-state index contributed by atoms with van der Waals surface area (Å²) < 4.78 is 12.6. The lowest BCUT2D eigenvalue weighted by Gasteiger charge is -2.12. The molecule has 0 aliphatic carbocycles. The van der Waals surface area contributed by atoms with Crippen molar-refractivity contribution in [1.29, 1.82) is 0 Å². The number of guanidine groups is 1. The minimum Gasteiger partial charge on any atom is -0.497 e. The van der Waals surface area contributed by atoms with E-state index >= 15 is 0 Å². The van der Waals surface area contributed by atoms with E-state index in [1.165, 1.54) is 0 Å². The predicted octanol–water partition coefficient (Wildman–Crippen LogP) is 3.10. The predicted molar refractivity (Wildman–Crippen MR) is 138 cm³/mol. The number of aryl methyl sites for hydroxylation is 2. The van der Waals surface area contributed by atoms with Crippen LogP contribution in [0.2, 0.25) is 0 Å². The van der Waals surface area contributed by atoms with Crippen LogP contribution in [-0.2, 0) is 19.4 Å². The molecule has 0 saturated carbocycles. The highest BCUT2D eigenvalue weighted by Crippen LogP contribution is 2.20. The molecule has 11 heteroatoms. The van der Waals surface area contributed by atoms with Gasteiger partial charge in [-0.15, -0.1) is 34.2 Å². The van der Waals surface area contributed by atoms with Gasteiger partial charge in [-0.1, -0.05) is 18.5 Å². The van der Waals surface area contributed by atoms with Gasteiger partial charge in [0.2, 0.25) is 11.7 Å². The molecular formula is C22H33IN8O2. The van der Waals surface area contributed by atoms with Crippen LogP contribution >= 0.6 is 24.0 Å². The zero-order valence-electron chi connectivity index (χ0n) is 19.5. The lowest BCUT2D eigenvalue weighted by atomic mass is 10.2. The highest BCUT2D eigenvalue weighted by atomic mass is 127. The van der Waals surface area contributed by atoms with Crippen molar-refractivity contribution in [3.8, 4) is 17.1 Å². The summed E-state index contributed by atoms with van der Waals surface area (Å²) in [4.78, 5) is 8.76. The second kappa shape index (κ2) is 14.4. The number of aliphatic imine (C=N–C) groups is 1. The van der Waals surface area contributed by atoms with Crippen LogP contribution in [0.3, 0.4) is 0 Å². The monoisotopic (exact) mass is 568 g/mol. The first-order valence-electron chi connectivity index (χ1n) is 11.0. The largest absolute Gasteiger partial charge is 0.497 e. The van der Waals surface area contributed by atoms with Crippen LogP contribution in [0.15, 0.2) is 40.1 Å². The quantitative estimate of drug-likeness (QED) is 0.148. The summed E-state index contributed by atoms with van der Waals surface area (Å²) in [6.07, 6.45) is 6.50. The normalized spacial score (nSPS) is 11.2. The molecule has 0 unspecified atom stereocenters. The number of hydrogen-bond donors (Lipinski definition) is 2. The minimum atomic E-state index is 0. The number of hydrogen-bond acceptors (Lipinski definition) is 7. The van der Waals surface area contributed by atoms with E-state index in [4.69, 9.17) is 9.26 Å². The van der Waals surface area contributed by atoms with Crippen molar-refractivity contribution < 1.29 is 9.26 Å². The smallest absolute Gasteiger partial charge is 0.226 e. The number of nitrogens with one attached hydrogen (secondary N) is 2. The third-order valence-electron chi connectivity index (χ3n) is 5.06. The molecule has 0 amide bonds. The summed E-state index contributed by atoms with van der Waals surface area (Å²) in [5, 5.41) is 18.8. The van der Waals surface area contributed by atoms with Crippen LogP contribution in [0.4, 0.5) is 0 Å². The van der Waals surface area contributed by atoms with Gasteiger partial charge in [-0.25, -0.2) is 0 Å². The van der Waals surface area contributed by atoms with Gasteiger partial charge < -0.3 is 24.5 Å². The van der Waals surface area contributed by atoms with Gasteiger partial charge in [0.05, 0.1) is 7.11 Å². The maximum Gasteiger partial charge on any atom is 0.226 e. The van der Waals surface area contributed by atoms with Gasteiger partial charge in [0.15, 0.2) is 5.96 Å². The van der Waals surface area contributed by atoms with Gasteiger partial charge in [-0.3, -0.25) is 4.99 Å². The van der Waals surface area contributed by atoms with Gasteiger partial charge in [0.25, 0.3) is 0 Å². The molecule has 2 aromatic heterocycles. The van der Waals surface area contributed by atoms with E-state index in [0.29, 0.717) is 11.7 Å². The van der Waals surface area contributed by atoms with Crippen molar-refractivity contribution >= 4 is 29.9 Å². The molecule has 0 fully saturated rings. The fraction of sp³-hybridized carbons (Fsp3) is 0.500. The molecular weight excluding hydrogens is 535 g/mol. The van der Waals surface area contributed by atoms with E-state index in [1.807, 2.05) is 24.3 Å². The lowest BCUT2D eigenvalue weighted by Crippen LogP contribution is -2.39. The zero-order valence-corrected chi connectivity index (χ0v) is 21.8. The molecule has 0 aliphatic heterocycles. The Kier molecular flexibility index (Phi) is 11.6. The number of methoxy groups -OCH3 is 1. The van der Waals surface area contributed by atoms with E-state index in [1.54, 1.807) is 20.5 Å². The average Bonchev–Trinajstić information content (AvgIpc) is 3.49. The van der Waals surface area contributed by atoms with Crippen LogP contribution in [0.5, 0.6) is 5.75 Å². The van der Waals surface area contributed by atoms with Crippen molar-refractivity contribution in [2.45, 2.75) is 45.6 Å². The number of rotatable bonds is 12. The molecule has 0 bridgehead atoms. The first kappa shape index (κ1) is 26.6. The fourth-order valence-corrected chi connectivity index (χ4v) is 3.25. The molecule has 33 heavy (non-hydrogen) atoms. The number of unbranched alkanes of at least 4 members (excludes halogenated alkanes) is 2. The molecule has 3 rings (SSSR count). The zero-order chi connectivity index (χ0) is 22.6. The van der Waals surface area contributed by atoms with Crippen molar-refractivity contribution in [1.82, 2.24) is 35.5 Å². The maximum absolute atomic E-state index is 5.38. The van der Waals surface area contributed by atoms with Gasteiger partial charge in [-0.2, -0.15) is 4.98 Å². The molecule has 2 heterocycles. The summed E-state index contributed by atoms with van der Waals surface area (Å²) in [5.74, 6) is 3.88. The van der Waals surface area contributed by atoms with Gasteiger partial charge in [0, 0.05) is 45.1 Å². The van der Waals surface area contributed by atoms with Gasteiger partial charge in [-0.05, 0) is 37.1 Å². The number of aromatic nitrogens is 5. The maximum atomic E-state index is 5.38. The van der Waals surface area contributed by atoms with Crippen molar-refractivity contribution in [3.63, 3.8) is 0 Å². The standard InChI is InChI=1S/C22H32N8O2.HI/c1-4-19-28-26-16-30(19)15-14-25-22(23-2)24-13-7-5-6-8-20-27-21(29-32-20)17-9-11-18(31-3)12-10-17;/h9-12,16H,4-8,13-15H2,1-3H3,(H2,23,24,25);1H. The first-order chi connectivity index (χ1) is 15.7. The Balaban J connectivity index is 0.00000385. The second-order valence-electron chi connectivity index (χ2n) is 7.27. The van der Waals surface area contributed by atoms with Crippen LogP contribution in [0.25, 0.3) is 11.4 Å². The average molecular weight is 568 g/mol. The molecule has 0 aliphatic rings. The van der Waals surface area contributed by atoms with E-state index < -0.39 is 0 Å². The van der Waals surface area contributed by atoms with Crippen LogP contribution in [0, 0.1) is 0 Å². The Morgan fingerprint density at radius 2 is 1.91 bits per heavy atom. The molecule has 1 aromatic carbocycles. The van der Waals surface area contributed by atoms with E-state index in [0.717, 1.165) is 74.8 Å². The Morgan fingerprint density at radius 3 is 2.64 bits per heavy atom. The van der Waals surface area contributed by atoms with E-state index in [2.05, 4.69) is 47.5 Å². The van der Waals surface area contributed by atoms with E-state index in [9.17, 15) is 0 Å². The summed E-state index contributed by atoms with van der Waals surface area (Å²) in [6, 6.07) is 7.63. The van der Waals surface area contributed by atoms with Crippen LogP contribution in [-0.4, -0.2) is 58.1 Å². The van der Waals surface area contributed by atoms with Gasteiger partial charge in [0.1, 0.15) is 17.9 Å². The number of benzene rings is 1. The Labute approximate surface area is 211 Å². The first-order valence-corrected chi connectivity index (χ1v) is 11.0. The summed E-state index contributed by atoms with van der Waals surface area (Å²) in [5.41, 5.74) is 0.916. The minimum absolute atomic E-state index is 0. The fourth-order valence-electron chi connectivity index (χ4n) is 3.25. The summed E-state index contributed by atoms with van der Waals surface area (Å²) in [6.45, 7) is 4.50. The second-order valence-corrected chi connectivity index (χ2v) is 7.27. The van der Waals surface area contributed by atoms with Crippen molar-refractivity contribution in [3.05, 3.63) is 42.3 Å². The molecule has 180 valence electrons. The van der Waals surface area contributed by atoms with Gasteiger partial charge >= 0.3 is 0 Å². The molecule has 0 atom stereocenters. The molecule has 0 saturated heterocycles. The Bertz CT molecular complexity index is 971. The van der Waals surface area contributed by atoms with Crippen molar-refractivity contribution in [2.24, 2.45) is 4.99 Å². The Morgan fingerprint density at radius 1 is 1.12 bits per heavy atom.